The molecule has 0 N–H and O–H groups in total. The fourth-order valence-electron chi connectivity index (χ4n) is 6.66. The molecule has 4 unspecified atom stereocenters. The molecule has 4 atom stereocenters. The molecule has 5 aliphatic heterocycles. The van der Waals surface area contributed by atoms with Crippen LogP contribution in [0.3, 0.4) is 0 Å². The molecule has 8 nitrogen and oxygen atoms in total. The van der Waals surface area contributed by atoms with Crippen molar-refractivity contribution in [3.8, 4) is 0 Å². The van der Waals surface area contributed by atoms with Gasteiger partial charge in [-0.15, -0.1) is 0 Å². The summed E-state index contributed by atoms with van der Waals surface area (Å²) in [5.74, 6) is 2.30. The zero-order chi connectivity index (χ0) is 25.0. The van der Waals surface area contributed by atoms with Gasteiger partial charge in [-0.2, -0.15) is 0 Å². The maximum absolute atomic E-state index is 11.3. The topological polar surface area (TPSA) is 67.4 Å². The third kappa shape index (κ3) is 9.54. The van der Waals surface area contributed by atoms with Crippen LogP contribution in [0.25, 0.3) is 0 Å². The number of carbonyl (C=O) groups is 3. The molecular formula is C29H59N5O3. The minimum absolute atomic E-state index is 0. The minimum Gasteiger partial charge on any atom is -0.340 e. The molecule has 0 saturated carbocycles. The first kappa shape index (κ1) is 35.3. The predicted octanol–water partition coefficient (Wildman–Crippen LogP) is 3.65. The largest absolute Gasteiger partial charge is 0.340 e. The third-order valence-electron chi connectivity index (χ3n) is 8.28. The van der Waals surface area contributed by atoms with E-state index < -0.39 is 0 Å². The lowest BCUT2D eigenvalue weighted by Crippen LogP contribution is -2.46. The molecule has 3 amide bonds. The first-order valence-corrected chi connectivity index (χ1v) is 13.2. The van der Waals surface area contributed by atoms with Gasteiger partial charge >= 0.3 is 0 Å². The summed E-state index contributed by atoms with van der Waals surface area (Å²) in [6, 6.07) is 1.67. The van der Waals surface area contributed by atoms with E-state index in [1.165, 1.54) is 38.6 Å². The second kappa shape index (κ2) is 15.7. The summed E-state index contributed by atoms with van der Waals surface area (Å²) < 4.78 is 0. The van der Waals surface area contributed by atoms with Crippen molar-refractivity contribution >= 4 is 17.7 Å². The van der Waals surface area contributed by atoms with Crippen molar-refractivity contribution in [3.05, 3.63) is 0 Å². The molecule has 37 heavy (non-hydrogen) atoms. The Labute approximate surface area is 228 Å². The zero-order valence-electron chi connectivity index (χ0n) is 22.3. The molecule has 0 aromatic rings. The van der Waals surface area contributed by atoms with E-state index in [9.17, 15) is 14.4 Å². The lowest BCUT2D eigenvalue weighted by Gasteiger charge is -2.37. The van der Waals surface area contributed by atoms with Crippen molar-refractivity contribution in [2.24, 2.45) is 11.8 Å². The van der Waals surface area contributed by atoms with E-state index in [1.807, 2.05) is 9.80 Å². The van der Waals surface area contributed by atoms with Crippen LogP contribution >= 0.6 is 0 Å². The summed E-state index contributed by atoms with van der Waals surface area (Å²) in [5.41, 5.74) is 0. The van der Waals surface area contributed by atoms with E-state index in [0.717, 1.165) is 51.1 Å². The Hall–Kier alpha value is -1.67. The van der Waals surface area contributed by atoms with Gasteiger partial charge in [0, 0.05) is 84.7 Å². The molecule has 5 fully saturated rings. The van der Waals surface area contributed by atoms with Crippen LogP contribution in [0.5, 0.6) is 0 Å². The Bertz CT molecular complexity index is 705. The van der Waals surface area contributed by atoms with Crippen LogP contribution in [0.15, 0.2) is 0 Å². The summed E-state index contributed by atoms with van der Waals surface area (Å²) in [4.78, 5) is 43.9. The highest BCUT2D eigenvalue weighted by Gasteiger charge is 2.40. The monoisotopic (exact) mass is 525 g/mol. The highest BCUT2D eigenvalue weighted by Crippen LogP contribution is 2.38. The molecule has 5 heterocycles. The number of hydrogen-bond donors (Lipinski definition) is 0. The van der Waals surface area contributed by atoms with Crippen molar-refractivity contribution in [3.63, 3.8) is 0 Å². The number of nitrogens with zero attached hydrogens (tertiary/aromatic N) is 5. The standard InChI is InChI=1S/C10H17NO.C9H16N2O.C7H14N2O.3CH4/c1-7-5-9-3-4-10(6-7)11(9)8(2)12;1-7(12)11-5-8-3-9(11)6-10(2)4-8;1-7(10)9-5-3-8(2)4-6-9;;;/h7,9-10H,3-6H2,1-2H3;8-9H,3-6H2,1-2H3;3-6H2,1-2H3;3*1H4. The van der Waals surface area contributed by atoms with E-state index in [1.54, 1.807) is 20.8 Å². The molecule has 0 aromatic carbocycles. The maximum atomic E-state index is 11.3. The number of hydrogen-bond acceptors (Lipinski definition) is 5. The summed E-state index contributed by atoms with van der Waals surface area (Å²) in [6.07, 6.45) is 6.18. The normalized spacial score (nSPS) is 30.3. The van der Waals surface area contributed by atoms with Crippen molar-refractivity contribution in [2.75, 3.05) is 59.9 Å². The summed E-state index contributed by atoms with van der Waals surface area (Å²) in [7, 11) is 4.22. The first-order chi connectivity index (χ1) is 16.0. The SMILES string of the molecule is C.C.C.CC(=O)N1C2CCC1CC(C)C2.CC(=O)N1CC2CC1CN(C)C2.CC(=O)N1CCN(C)CC1. The predicted molar refractivity (Wildman–Crippen MR) is 154 cm³/mol. The fraction of sp³-hybridized carbons (Fsp3) is 0.897. The number of fused-ring (bicyclic) bond motifs is 4. The van der Waals surface area contributed by atoms with Crippen LogP contribution < -0.4 is 0 Å². The molecule has 4 bridgehead atoms. The van der Waals surface area contributed by atoms with E-state index >= 15 is 0 Å². The molecule has 218 valence electrons. The lowest BCUT2D eigenvalue weighted by atomic mass is 9.92. The van der Waals surface area contributed by atoms with Gasteiger partial charge in [-0.25, -0.2) is 0 Å². The molecule has 0 aliphatic carbocycles. The fourth-order valence-corrected chi connectivity index (χ4v) is 6.66. The third-order valence-corrected chi connectivity index (χ3v) is 8.28. The van der Waals surface area contributed by atoms with Gasteiger partial charge < -0.3 is 24.5 Å². The van der Waals surface area contributed by atoms with Gasteiger partial charge in [-0.05, 0) is 58.0 Å². The number of amides is 3. The van der Waals surface area contributed by atoms with E-state index in [-0.39, 0.29) is 40.0 Å². The van der Waals surface area contributed by atoms with Crippen LogP contribution in [0, 0.1) is 11.8 Å². The van der Waals surface area contributed by atoms with Crippen LogP contribution in [-0.4, -0.2) is 120 Å². The molecule has 0 aromatic heterocycles. The second-order valence-corrected chi connectivity index (χ2v) is 11.3. The molecule has 5 aliphatic rings. The average Bonchev–Trinajstić information content (AvgIpc) is 3.22. The van der Waals surface area contributed by atoms with Gasteiger partial charge in [0.1, 0.15) is 0 Å². The average molecular weight is 526 g/mol. The van der Waals surface area contributed by atoms with Crippen molar-refractivity contribution in [2.45, 2.75) is 100 Å². The van der Waals surface area contributed by atoms with Crippen molar-refractivity contribution < 1.29 is 14.4 Å². The van der Waals surface area contributed by atoms with Gasteiger partial charge in [0.2, 0.25) is 17.7 Å². The Kier molecular flexibility index (Phi) is 15.0. The van der Waals surface area contributed by atoms with Crippen LogP contribution in [0.2, 0.25) is 0 Å². The molecule has 5 saturated heterocycles. The maximum Gasteiger partial charge on any atom is 0.219 e. The Morgan fingerprint density at radius 2 is 1.16 bits per heavy atom. The summed E-state index contributed by atoms with van der Waals surface area (Å²) >= 11 is 0. The second-order valence-electron chi connectivity index (χ2n) is 11.3. The summed E-state index contributed by atoms with van der Waals surface area (Å²) in [6.45, 7) is 14.4. The highest BCUT2D eigenvalue weighted by molar-refractivity contribution is 5.75. The van der Waals surface area contributed by atoms with Crippen LogP contribution in [-0.2, 0) is 14.4 Å². The van der Waals surface area contributed by atoms with E-state index in [2.05, 4.69) is 35.7 Å². The van der Waals surface area contributed by atoms with Crippen LogP contribution in [0.1, 0.15) is 82.1 Å². The molecule has 0 spiro atoms. The zero-order valence-corrected chi connectivity index (χ0v) is 22.3. The van der Waals surface area contributed by atoms with Gasteiger partial charge in [-0.1, -0.05) is 29.2 Å². The number of carbonyl (C=O) groups excluding carboxylic acids is 3. The van der Waals surface area contributed by atoms with Crippen molar-refractivity contribution in [1.82, 2.24) is 24.5 Å². The number of likely N-dealkylation sites (tertiary alicyclic amines) is 2. The van der Waals surface area contributed by atoms with E-state index in [4.69, 9.17) is 0 Å². The number of piperidine rings is 2. The number of likely N-dealkylation sites (N-methyl/N-ethyl adjacent to an activating group) is 2. The Balaban J connectivity index is 0.000000508. The van der Waals surface area contributed by atoms with Gasteiger partial charge in [0.25, 0.3) is 0 Å². The number of rotatable bonds is 0. The van der Waals surface area contributed by atoms with Gasteiger partial charge in [0.05, 0.1) is 0 Å². The lowest BCUT2D eigenvalue weighted by molar-refractivity contribution is -0.134. The summed E-state index contributed by atoms with van der Waals surface area (Å²) in [5, 5.41) is 0. The molecular weight excluding hydrogens is 466 g/mol. The first-order valence-electron chi connectivity index (χ1n) is 13.2. The minimum atomic E-state index is 0. The molecule has 5 rings (SSSR count). The Morgan fingerprint density at radius 1 is 0.622 bits per heavy atom. The quantitative estimate of drug-likeness (QED) is 0.483. The Morgan fingerprint density at radius 3 is 1.62 bits per heavy atom. The van der Waals surface area contributed by atoms with Gasteiger partial charge in [0.15, 0.2) is 0 Å². The van der Waals surface area contributed by atoms with E-state index in [0.29, 0.717) is 18.1 Å². The highest BCUT2D eigenvalue weighted by atomic mass is 16.2. The number of piperazine rings is 1. The molecule has 0 radical (unpaired) electrons. The van der Waals surface area contributed by atoms with Crippen LogP contribution in [0.4, 0.5) is 0 Å². The molecule has 8 heteroatoms. The van der Waals surface area contributed by atoms with Gasteiger partial charge in [-0.3, -0.25) is 14.4 Å². The smallest absolute Gasteiger partial charge is 0.219 e. The van der Waals surface area contributed by atoms with Crippen molar-refractivity contribution in [1.29, 1.82) is 0 Å².